The van der Waals surface area contributed by atoms with Crippen molar-refractivity contribution in [3.8, 4) is 0 Å². The van der Waals surface area contributed by atoms with Gasteiger partial charge in [0.05, 0.1) is 0 Å². The molecule has 2 saturated heterocycles. The van der Waals surface area contributed by atoms with Crippen molar-refractivity contribution < 1.29 is 19.1 Å². The van der Waals surface area contributed by atoms with Crippen LogP contribution in [0.5, 0.6) is 0 Å². The highest BCUT2D eigenvalue weighted by atomic mass is 16.6. The number of hydrogen-bond acceptors (Lipinski definition) is 5. The van der Waals surface area contributed by atoms with Crippen molar-refractivity contribution in [3.63, 3.8) is 0 Å². The molecule has 0 aromatic rings. The van der Waals surface area contributed by atoms with E-state index in [0.29, 0.717) is 25.9 Å². The van der Waals surface area contributed by atoms with Crippen molar-refractivity contribution in [3.05, 3.63) is 0 Å². The maximum Gasteiger partial charge on any atom is 0.326 e. The van der Waals surface area contributed by atoms with Crippen LogP contribution in [0.1, 0.15) is 33.6 Å². The van der Waals surface area contributed by atoms with Gasteiger partial charge >= 0.3 is 12.0 Å². The summed E-state index contributed by atoms with van der Waals surface area (Å²) < 4.78 is 5.15. The predicted molar refractivity (Wildman–Crippen MR) is 70.9 cm³/mol. The van der Waals surface area contributed by atoms with Crippen LogP contribution in [-0.4, -0.2) is 53.6 Å². The summed E-state index contributed by atoms with van der Waals surface area (Å²) in [5.41, 5.74) is -1.48. The lowest BCUT2D eigenvalue weighted by Gasteiger charge is -2.31. The molecule has 2 fully saturated rings. The molecular formula is C13H21N3O4. The minimum absolute atomic E-state index is 0.324. The number of piperidine rings is 1. The molecule has 2 rings (SSSR count). The van der Waals surface area contributed by atoms with Gasteiger partial charge in [0, 0.05) is 0 Å². The summed E-state index contributed by atoms with van der Waals surface area (Å²) in [5.74, 6) is -0.901. The van der Waals surface area contributed by atoms with Gasteiger partial charge in [-0.2, -0.15) is 0 Å². The third-order valence-electron chi connectivity index (χ3n) is 3.41. The molecule has 0 saturated carbocycles. The molecule has 112 valence electrons. The number of rotatable bonds is 2. The highest BCUT2D eigenvalue weighted by Crippen LogP contribution is 2.26. The number of carbonyl (C=O) groups is 3. The average Bonchev–Trinajstić information content (AvgIpc) is 2.53. The van der Waals surface area contributed by atoms with Crippen LogP contribution in [0.4, 0.5) is 4.79 Å². The molecule has 0 atom stereocenters. The summed E-state index contributed by atoms with van der Waals surface area (Å²) in [5, 5.41) is 5.87. The van der Waals surface area contributed by atoms with E-state index in [0.717, 1.165) is 4.90 Å². The predicted octanol–water partition coefficient (Wildman–Crippen LogP) is 0.00210. The molecule has 3 amide bonds. The maximum absolute atomic E-state index is 12.4. The van der Waals surface area contributed by atoms with Crippen molar-refractivity contribution in [2.75, 3.05) is 19.6 Å². The first-order valence-electron chi connectivity index (χ1n) is 6.80. The van der Waals surface area contributed by atoms with E-state index in [1.165, 1.54) is 0 Å². The van der Waals surface area contributed by atoms with Crippen molar-refractivity contribution >= 4 is 17.9 Å². The van der Waals surface area contributed by atoms with Gasteiger partial charge in [0.15, 0.2) is 0 Å². The van der Waals surface area contributed by atoms with E-state index >= 15 is 0 Å². The first-order chi connectivity index (χ1) is 9.23. The zero-order valence-electron chi connectivity index (χ0n) is 12.1. The van der Waals surface area contributed by atoms with Gasteiger partial charge < -0.3 is 15.4 Å². The molecule has 0 aliphatic carbocycles. The van der Waals surface area contributed by atoms with Crippen LogP contribution in [0.2, 0.25) is 0 Å². The smallest absolute Gasteiger partial charge is 0.326 e. The largest absolute Gasteiger partial charge is 0.459 e. The fourth-order valence-electron chi connectivity index (χ4n) is 2.52. The van der Waals surface area contributed by atoms with E-state index in [1.807, 2.05) is 0 Å². The molecule has 1 spiro atoms. The molecule has 0 unspecified atom stereocenters. The Morgan fingerprint density at radius 2 is 1.90 bits per heavy atom. The first-order valence-corrected chi connectivity index (χ1v) is 6.80. The molecule has 7 heteroatoms. The lowest BCUT2D eigenvalue weighted by molar-refractivity contribution is -0.157. The van der Waals surface area contributed by atoms with Crippen LogP contribution in [0.15, 0.2) is 0 Å². The maximum atomic E-state index is 12.4. The fraction of sp³-hybridized carbons (Fsp3) is 0.769. The zero-order valence-corrected chi connectivity index (χ0v) is 12.1. The standard InChI is InChI=1S/C13H21N3O4/c1-12(2,3)20-9(17)8-16-10(18)13(15-11(16)19)4-6-14-7-5-13/h14H,4-8H2,1-3H3,(H,15,19). The monoisotopic (exact) mass is 283 g/mol. The van der Waals surface area contributed by atoms with Crippen LogP contribution >= 0.6 is 0 Å². The first kappa shape index (κ1) is 14.8. The summed E-state index contributed by atoms with van der Waals surface area (Å²) in [6.07, 6.45) is 1.09. The Kier molecular flexibility index (Phi) is 3.73. The van der Waals surface area contributed by atoms with E-state index in [9.17, 15) is 14.4 Å². The number of hydrogen-bond donors (Lipinski definition) is 2. The second kappa shape index (κ2) is 5.05. The topological polar surface area (TPSA) is 87.7 Å². The number of nitrogens with one attached hydrogen (secondary N) is 2. The number of imide groups is 1. The van der Waals surface area contributed by atoms with Gasteiger partial charge in [-0.1, -0.05) is 0 Å². The molecule has 2 aliphatic rings. The SMILES string of the molecule is CC(C)(C)OC(=O)CN1C(=O)NC2(CCNCC2)C1=O. The highest BCUT2D eigenvalue weighted by Gasteiger charge is 2.51. The molecule has 2 N–H and O–H groups in total. The van der Waals surface area contributed by atoms with Crippen LogP contribution < -0.4 is 10.6 Å². The van der Waals surface area contributed by atoms with Crippen molar-refractivity contribution in [1.82, 2.24) is 15.5 Å². The third-order valence-corrected chi connectivity index (χ3v) is 3.41. The van der Waals surface area contributed by atoms with Crippen LogP contribution in [-0.2, 0) is 14.3 Å². The van der Waals surface area contributed by atoms with Crippen LogP contribution in [0, 0.1) is 0 Å². The van der Waals surface area contributed by atoms with E-state index in [4.69, 9.17) is 4.74 Å². The second-order valence-corrected chi connectivity index (χ2v) is 6.24. The average molecular weight is 283 g/mol. The summed E-state index contributed by atoms with van der Waals surface area (Å²) in [6.45, 7) is 6.23. The number of carbonyl (C=O) groups excluding carboxylic acids is 3. The lowest BCUT2D eigenvalue weighted by Crippen LogP contribution is -2.54. The Labute approximate surface area is 118 Å². The van der Waals surface area contributed by atoms with Gasteiger partial charge in [-0.3, -0.25) is 14.5 Å². The highest BCUT2D eigenvalue weighted by molar-refractivity contribution is 6.08. The summed E-state index contributed by atoms with van der Waals surface area (Å²) in [4.78, 5) is 37.1. The fourth-order valence-corrected chi connectivity index (χ4v) is 2.52. The number of esters is 1. The summed E-state index contributed by atoms with van der Waals surface area (Å²) >= 11 is 0. The van der Waals surface area contributed by atoms with E-state index in [2.05, 4.69) is 10.6 Å². The lowest BCUT2D eigenvalue weighted by atomic mass is 9.88. The second-order valence-electron chi connectivity index (χ2n) is 6.24. The number of amides is 3. The summed E-state index contributed by atoms with van der Waals surface area (Å²) in [7, 11) is 0. The quantitative estimate of drug-likeness (QED) is 0.550. The van der Waals surface area contributed by atoms with Gasteiger partial charge in [-0.05, 0) is 46.7 Å². The van der Waals surface area contributed by atoms with Crippen molar-refractivity contribution in [2.24, 2.45) is 0 Å². The van der Waals surface area contributed by atoms with E-state index < -0.39 is 23.1 Å². The molecule has 0 bridgehead atoms. The van der Waals surface area contributed by atoms with Crippen molar-refractivity contribution in [2.45, 2.75) is 44.8 Å². The molecular weight excluding hydrogens is 262 g/mol. The molecule has 0 aromatic carbocycles. The molecule has 7 nitrogen and oxygen atoms in total. The minimum Gasteiger partial charge on any atom is -0.459 e. The Morgan fingerprint density at radius 1 is 1.30 bits per heavy atom. The van der Waals surface area contributed by atoms with Gasteiger partial charge in [-0.15, -0.1) is 0 Å². The van der Waals surface area contributed by atoms with Crippen LogP contribution in [0.3, 0.4) is 0 Å². The van der Waals surface area contributed by atoms with E-state index in [-0.39, 0.29) is 12.5 Å². The Morgan fingerprint density at radius 3 is 2.45 bits per heavy atom. The minimum atomic E-state index is -0.843. The van der Waals surface area contributed by atoms with Gasteiger partial charge in [0.2, 0.25) is 0 Å². The number of urea groups is 1. The number of ether oxygens (including phenoxy) is 1. The Bertz CT molecular complexity index is 435. The van der Waals surface area contributed by atoms with E-state index in [1.54, 1.807) is 20.8 Å². The van der Waals surface area contributed by atoms with Crippen molar-refractivity contribution in [1.29, 1.82) is 0 Å². The molecule has 2 aliphatic heterocycles. The summed E-state index contributed by atoms with van der Waals surface area (Å²) in [6, 6.07) is -0.511. The molecule has 2 heterocycles. The molecule has 20 heavy (non-hydrogen) atoms. The molecule has 0 radical (unpaired) electrons. The third kappa shape index (κ3) is 2.92. The Hall–Kier alpha value is -1.63. The van der Waals surface area contributed by atoms with Gasteiger partial charge in [-0.25, -0.2) is 4.79 Å². The number of nitrogens with zero attached hydrogens (tertiary/aromatic N) is 1. The van der Waals surface area contributed by atoms with Gasteiger partial charge in [0.25, 0.3) is 5.91 Å². The zero-order chi connectivity index (χ0) is 15.0. The molecule has 0 aromatic heterocycles. The Balaban J connectivity index is 2.04. The van der Waals surface area contributed by atoms with Gasteiger partial charge in [0.1, 0.15) is 17.7 Å². The normalized spacial score (nSPS) is 22.1. The van der Waals surface area contributed by atoms with Crippen LogP contribution in [0.25, 0.3) is 0 Å².